The third-order valence-corrected chi connectivity index (χ3v) is 4.07. The average Bonchev–Trinajstić information content (AvgIpc) is 2.30. The van der Waals surface area contributed by atoms with E-state index in [-0.39, 0.29) is 11.0 Å². The van der Waals surface area contributed by atoms with E-state index in [0.29, 0.717) is 13.2 Å². The molecule has 1 heterocycles. The molecule has 0 saturated carbocycles. The highest BCUT2D eigenvalue weighted by atomic mass is 32.2. The fourth-order valence-electron chi connectivity index (χ4n) is 1.73. The van der Waals surface area contributed by atoms with Gasteiger partial charge in [0.15, 0.2) is 0 Å². The van der Waals surface area contributed by atoms with Crippen molar-refractivity contribution < 1.29 is 17.3 Å². The predicted octanol–water partition coefficient (Wildman–Crippen LogP) is 1.88. The van der Waals surface area contributed by atoms with E-state index >= 15 is 0 Å². The summed E-state index contributed by atoms with van der Waals surface area (Å²) in [4.78, 5) is 0.202. The van der Waals surface area contributed by atoms with Gasteiger partial charge >= 0.3 is 0 Å². The fourth-order valence-corrected chi connectivity index (χ4v) is 2.82. The summed E-state index contributed by atoms with van der Waals surface area (Å²) in [7, 11) is -3.66. The molecule has 1 aliphatic heterocycles. The zero-order valence-corrected chi connectivity index (χ0v) is 10.6. The molecule has 0 radical (unpaired) electrons. The lowest BCUT2D eigenvalue weighted by Crippen LogP contribution is -2.28. The number of hydrogen-bond donors (Lipinski definition) is 0. The van der Waals surface area contributed by atoms with Crippen molar-refractivity contribution in [2.45, 2.75) is 30.8 Å². The Morgan fingerprint density at radius 3 is 2.59 bits per heavy atom. The van der Waals surface area contributed by atoms with Crippen LogP contribution in [-0.4, -0.2) is 27.7 Å². The number of benzene rings is 1. The first-order chi connectivity index (χ1) is 8.08. The Bertz CT molecular complexity index is 458. The largest absolute Gasteiger partial charge is 0.379 e. The van der Waals surface area contributed by atoms with Crippen molar-refractivity contribution in [3.05, 3.63) is 29.8 Å². The lowest BCUT2D eigenvalue weighted by molar-refractivity contribution is 0.0104. The van der Waals surface area contributed by atoms with Crippen LogP contribution in [0.2, 0.25) is 0 Å². The summed E-state index contributed by atoms with van der Waals surface area (Å²) in [5, 5.41) is 0. The molecule has 0 N–H and O–H groups in total. The molecule has 4 nitrogen and oxygen atoms in total. The predicted molar refractivity (Wildman–Crippen MR) is 63.3 cm³/mol. The van der Waals surface area contributed by atoms with Crippen LogP contribution in [0.5, 0.6) is 0 Å². The van der Waals surface area contributed by atoms with Crippen LogP contribution in [0.4, 0.5) is 0 Å². The Morgan fingerprint density at radius 2 is 2.00 bits per heavy atom. The molecule has 0 aromatic heterocycles. The smallest absolute Gasteiger partial charge is 0.297 e. The molecule has 1 saturated heterocycles. The standard InChI is InChI=1S/C12H16O4S/c1-10-4-6-12(7-5-10)17(13,14)16-11-3-2-8-15-9-11/h4-7,11H,2-3,8-9H2,1H3/t11-/m0/s1. The van der Waals surface area contributed by atoms with Gasteiger partial charge in [-0.1, -0.05) is 17.7 Å². The Morgan fingerprint density at radius 1 is 1.29 bits per heavy atom. The third kappa shape index (κ3) is 3.28. The van der Waals surface area contributed by atoms with Gasteiger partial charge in [-0.05, 0) is 31.9 Å². The van der Waals surface area contributed by atoms with E-state index in [0.717, 1.165) is 18.4 Å². The lowest BCUT2D eigenvalue weighted by atomic mass is 10.2. The molecule has 5 heteroatoms. The maximum Gasteiger partial charge on any atom is 0.297 e. The minimum Gasteiger partial charge on any atom is -0.379 e. The molecule has 0 aliphatic carbocycles. The molecule has 1 aromatic carbocycles. The highest BCUT2D eigenvalue weighted by molar-refractivity contribution is 7.86. The Hall–Kier alpha value is -0.910. The molecule has 0 unspecified atom stereocenters. The van der Waals surface area contributed by atoms with Crippen LogP contribution < -0.4 is 0 Å². The van der Waals surface area contributed by atoms with Crippen LogP contribution in [0.15, 0.2) is 29.2 Å². The molecule has 94 valence electrons. The van der Waals surface area contributed by atoms with Gasteiger partial charge in [0, 0.05) is 6.61 Å². The first kappa shape index (κ1) is 12.5. The summed E-state index contributed by atoms with van der Waals surface area (Å²) in [6, 6.07) is 6.64. The fraction of sp³-hybridized carbons (Fsp3) is 0.500. The SMILES string of the molecule is Cc1ccc(S(=O)(=O)O[C@H]2CCCOC2)cc1. The number of aryl methyl sites for hydroxylation is 1. The van der Waals surface area contributed by atoms with Crippen molar-refractivity contribution in [1.82, 2.24) is 0 Å². The van der Waals surface area contributed by atoms with Crippen LogP contribution in [0.1, 0.15) is 18.4 Å². The van der Waals surface area contributed by atoms with E-state index in [1.54, 1.807) is 24.3 Å². The highest BCUT2D eigenvalue weighted by Crippen LogP contribution is 2.19. The van der Waals surface area contributed by atoms with Crippen molar-refractivity contribution in [2.24, 2.45) is 0 Å². The second kappa shape index (κ2) is 5.16. The highest BCUT2D eigenvalue weighted by Gasteiger charge is 2.23. The quantitative estimate of drug-likeness (QED) is 0.775. The summed E-state index contributed by atoms with van der Waals surface area (Å²) in [6.07, 6.45) is 1.22. The van der Waals surface area contributed by atoms with Crippen molar-refractivity contribution in [3.63, 3.8) is 0 Å². The molecule has 1 aromatic rings. The van der Waals surface area contributed by atoms with Crippen LogP contribution in [0.3, 0.4) is 0 Å². The van der Waals surface area contributed by atoms with Crippen molar-refractivity contribution >= 4 is 10.1 Å². The summed E-state index contributed by atoms with van der Waals surface area (Å²) in [5.41, 5.74) is 1.02. The van der Waals surface area contributed by atoms with Gasteiger partial charge in [0.25, 0.3) is 10.1 Å². The molecular formula is C12H16O4S. The van der Waals surface area contributed by atoms with Gasteiger partial charge in [-0.25, -0.2) is 0 Å². The summed E-state index contributed by atoms with van der Waals surface area (Å²) >= 11 is 0. The second-order valence-electron chi connectivity index (χ2n) is 4.20. The summed E-state index contributed by atoms with van der Waals surface area (Å²) < 4.78 is 34.2. The molecule has 2 rings (SSSR count). The van der Waals surface area contributed by atoms with E-state index < -0.39 is 10.1 Å². The summed E-state index contributed by atoms with van der Waals surface area (Å²) in [5.74, 6) is 0. The molecule has 1 fully saturated rings. The maximum atomic E-state index is 11.9. The van der Waals surface area contributed by atoms with Crippen molar-refractivity contribution in [3.8, 4) is 0 Å². The maximum absolute atomic E-state index is 11.9. The van der Waals surface area contributed by atoms with Gasteiger partial charge in [-0.15, -0.1) is 0 Å². The van der Waals surface area contributed by atoms with E-state index in [1.807, 2.05) is 6.92 Å². The van der Waals surface area contributed by atoms with Gasteiger partial charge in [0.1, 0.15) is 6.10 Å². The number of hydrogen-bond acceptors (Lipinski definition) is 4. The van der Waals surface area contributed by atoms with Crippen LogP contribution in [-0.2, 0) is 19.0 Å². The van der Waals surface area contributed by atoms with Gasteiger partial charge in [0.2, 0.25) is 0 Å². The van der Waals surface area contributed by atoms with Crippen LogP contribution in [0, 0.1) is 6.92 Å². The van der Waals surface area contributed by atoms with Crippen molar-refractivity contribution in [2.75, 3.05) is 13.2 Å². The molecule has 1 aliphatic rings. The Kier molecular flexibility index (Phi) is 3.81. The first-order valence-corrected chi connectivity index (χ1v) is 7.06. The first-order valence-electron chi connectivity index (χ1n) is 5.66. The normalized spacial score (nSPS) is 21.4. The van der Waals surface area contributed by atoms with Crippen LogP contribution in [0.25, 0.3) is 0 Å². The Labute approximate surface area is 102 Å². The van der Waals surface area contributed by atoms with Gasteiger partial charge in [-0.2, -0.15) is 8.42 Å². The average molecular weight is 256 g/mol. The molecular weight excluding hydrogens is 240 g/mol. The van der Waals surface area contributed by atoms with E-state index in [4.69, 9.17) is 8.92 Å². The Balaban J connectivity index is 2.10. The molecule has 17 heavy (non-hydrogen) atoms. The zero-order chi connectivity index (χ0) is 12.3. The number of rotatable bonds is 3. The van der Waals surface area contributed by atoms with E-state index in [2.05, 4.69) is 0 Å². The third-order valence-electron chi connectivity index (χ3n) is 2.69. The minimum atomic E-state index is -3.66. The van der Waals surface area contributed by atoms with E-state index in [1.165, 1.54) is 0 Å². The zero-order valence-electron chi connectivity index (χ0n) is 9.76. The lowest BCUT2D eigenvalue weighted by Gasteiger charge is -2.21. The van der Waals surface area contributed by atoms with Gasteiger partial charge in [-0.3, -0.25) is 4.18 Å². The van der Waals surface area contributed by atoms with Crippen LogP contribution >= 0.6 is 0 Å². The summed E-state index contributed by atoms with van der Waals surface area (Å²) in [6.45, 7) is 2.95. The van der Waals surface area contributed by atoms with Gasteiger partial charge < -0.3 is 4.74 Å². The topological polar surface area (TPSA) is 52.6 Å². The van der Waals surface area contributed by atoms with E-state index in [9.17, 15) is 8.42 Å². The molecule has 0 spiro atoms. The molecule has 0 amide bonds. The second-order valence-corrected chi connectivity index (χ2v) is 5.77. The molecule has 0 bridgehead atoms. The minimum absolute atomic E-state index is 0.202. The number of ether oxygens (including phenoxy) is 1. The molecule has 1 atom stereocenters. The van der Waals surface area contributed by atoms with Gasteiger partial charge in [0.05, 0.1) is 11.5 Å². The monoisotopic (exact) mass is 256 g/mol. The van der Waals surface area contributed by atoms with Crippen molar-refractivity contribution in [1.29, 1.82) is 0 Å².